The first-order valence-electron chi connectivity index (χ1n) is 15.2. The number of nitrogens with two attached hydrogens (primary N) is 1. The van der Waals surface area contributed by atoms with Crippen LogP contribution in [0.2, 0.25) is 0 Å². The summed E-state index contributed by atoms with van der Waals surface area (Å²) in [6.07, 6.45) is 29.5. The number of amides is 1. The summed E-state index contributed by atoms with van der Waals surface area (Å²) in [5.41, 5.74) is 5.68. The highest BCUT2D eigenvalue weighted by atomic mass is 16.1. The SMILES string of the molecule is CCCCCC1CCCCCCCCCC(C(N)=O)CCNCCCC(CCCCC)CC1. The molecule has 0 bridgehead atoms. The third-order valence-electron chi connectivity index (χ3n) is 8.12. The van der Waals surface area contributed by atoms with Gasteiger partial charge >= 0.3 is 0 Å². The lowest BCUT2D eigenvalue weighted by molar-refractivity contribution is -0.122. The minimum Gasteiger partial charge on any atom is -0.369 e. The summed E-state index contributed by atoms with van der Waals surface area (Å²) < 4.78 is 0. The first kappa shape index (κ1) is 30.5. The highest BCUT2D eigenvalue weighted by molar-refractivity contribution is 5.76. The molecule has 3 heteroatoms. The van der Waals surface area contributed by atoms with Crippen molar-refractivity contribution in [2.24, 2.45) is 23.5 Å². The molecule has 3 unspecified atom stereocenters. The predicted octanol–water partition coefficient (Wildman–Crippen LogP) is 8.55. The molecule has 33 heavy (non-hydrogen) atoms. The van der Waals surface area contributed by atoms with Crippen LogP contribution in [-0.4, -0.2) is 19.0 Å². The van der Waals surface area contributed by atoms with Crippen LogP contribution in [0.1, 0.15) is 155 Å². The zero-order valence-electron chi connectivity index (χ0n) is 22.7. The van der Waals surface area contributed by atoms with Gasteiger partial charge in [0.1, 0.15) is 0 Å². The summed E-state index contributed by atoms with van der Waals surface area (Å²) in [4.78, 5) is 11.8. The van der Waals surface area contributed by atoms with Crippen molar-refractivity contribution in [3.63, 3.8) is 0 Å². The van der Waals surface area contributed by atoms with Gasteiger partial charge in [-0.05, 0) is 50.6 Å². The second kappa shape index (κ2) is 21.9. The summed E-state index contributed by atoms with van der Waals surface area (Å²) in [6, 6.07) is 0. The Labute approximate surface area is 207 Å². The fourth-order valence-electron chi connectivity index (χ4n) is 5.76. The van der Waals surface area contributed by atoms with Crippen LogP contribution < -0.4 is 11.1 Å². The predicted molar refractivity (Wildman–Crippen MR) is 145 cm³/mol. The molecule has 1 fully saturated rings. The van der Waals surface area contributed by atoms with Crippen molar-refractivity contribution in [2.45, 2.75) is 155 Å². The lowest BCUT2D eigenvalue weighted by atomic mass is 9.84. The molecule has 3 atom stereocenters. The molecule has 0 spiro atoms. The quantitative estimate of drug-likeness (QED) is 0.336. The molecule has 1 saturated heterocycles. The maximum absolute atomic E-state index is 11.8. The van der Waals surface area contributed by atoms with Crippen molar-refractivity contribution >= 4 is 5.91 Å². The van der Waals surface area contributed by atoms with E-state index in [1.54, 1.807) is 0 Å². The Bertz CT molecular complexity index is 439. The average Bonchev–Trinajstić information content (AvgIpc) is 2.80. The van der Waals surface area contributed by atoms with Gasteiger partial charge in [0.15, 0.2) is 0 Å². The fourth-order valence-corrected chi connectivity index (χ4v) is 5.76. The van der Waals surface area contributed by atoms with Crippen LogP contribution in [-0.2, 0) is 4.79 Å². The van der Waals surface area contributed by atoms with Crippen molar-refractivity contribution in [2.75, 3.05) is 13.1 Å². The van der Waals surface area contributed by atoms with E-state index in [-0.39, 0.29) is 11.8 Å². The normalized spacial score (nSPS) is 25.9. The van der Waals surface area contributed by atoms with E-state index in [0.29, 0.717) is 0 Å². The maximum Gasteiger partial charge on any atom is 0.220 e. The van der Waals surface area contributed by atoms with E-state index < -0.39 is 0 Å². The Morgan fingerprint density at radius 1 is 0.636 bits per heavy atom. The molecule has 0 radical (unpaired) electrons. The molecular weight excluding hydrogens is 404 g/mol. The number of unbranched alkanes of at least 4 members (excludes halogenated alkanes) is 4. The molecule has 0 saturated carbocycles. The minimum absolute atomic E-state index is 0.0644. The van der Waals surface area contributed by atoms with E-state index in [4.69, 9.17) is 5.73 Å². The Morgan fingerprint density at radius 3 is 1.70 bits per heavy atom. The molecule has 1 aliphatic rings. The van der Waals surface area contributed by atoms with Crippen molar-refractivity contribution in [3.05, 3.63) is 0 Å². The molecular formula is C30H60N2O. The first-order valence-corrected chi connectivity index (χ1v) is 15.2. The highest BCUT2D eigenvalue weighted by Gasteiger charge is 2.16. The molecule has 0 aromatic rings. The number of hydrogen-bond donors (Lipinski definition) is 2. The van der Waals surface area contributed by atoms with Crippen LogP contribution in [0.5, 0.6) is 0 Å². The third-order valence-corrected chi connectivity index (χ3v) is 8.12. The number of nitrogens with one attached hydrogen (secondary N) is 1. The number of hydrogen-bond acceptors (Lipinski definition) is 2. The largest absolute Gasteiger partial charge is 0.369 e. The van der Waals surface area contributed by atoms with E-state index in [1.807, 2.05) is 0 Å². The topological polar surface area (TPSA) is 55.1 Å². The summed E-state index contributed by atoms with van der Waals surface area (Å²) >= 11 is 0. The lowest BCUT2D eigenvalue weighted by Crippen LogP contribution is -2.28. The van der Waals surface area contributed by atoms with Crippen molar-refractivity contribution in [3.8, 4) is 0 Å². The van der Waals surface area contributed by atoms with Crippen molar-refractivity contribution < 1.29 is 4.79 Å². The van der Waals surface area contributed by atoms with Gasteiger partial charge in [0.05, 0.1) is 0 Å². The smallest absolute Gasteiger partial charge is 0.220 e. The molecule has 1 heterocycles. The lowest BCUT2D eigenvalue weighted by Gasteiger charge is -2.22. The summed E-state index contributed by atoms with van der Waals surface area (Å²) in [5.74, 6) is 1.86. The van der Waals surface area contributed by atoms with Gasteiger partial charge in [-0.15, -0.1) is 0 Å². The zero-order valence-corrected chi connectivity index (χ0v) is 22.7. The Balaban J connectivity index is 2.58. The van der Waals surface area contributed by atoms with Crippen LogP contribution in [0.15, 0.2) is 0 Å². The third kappa shape index (κ3) is 17.5. The van der Waals surface area contributed by atoms with E-state index in [0.717, 1.165) is 44.2 Å². The number of carbonyl (C=O) groups excluding carboxylic acids is 1. The van der Waals surface area contributed by atoms with Gasteiger partial charge in [-0.1, -0.05) is 129 Å². The number of carbonyl (C=O) groups is 1. The first-order chi connectivity index (χ1) is 16.2. The zero-order chi connectivity index (χ0) is 24.0. The minimum atomic E-state index is -0.0941. The van der Waals surface area contributed by atoms with Gasteiger partial charge in [-0.25, -0.2) is 0 Å². The van der Waals surface area contributed by atoms with Gasteiger partial charge in [0.25, 0.3) is 0 Å². The van der Waals surface area contributed by atoms with Crippen molar-refractivity contribution in [1.82, 2.24) is 5.32 Å². The average molecular weight is 465 g/mol. The monoisotopic (exact) mass is 464 g/mol. The highest BCUT2D eigenvalue weighted by Crippen LogP contribution is 2.28. The summed E-state index contributed by atoms with van der Waals surface area (Å²) in [5, 5.41) is 3.62. The Kier molecular flexibility index (Phi) is 20.2. The molecule has 196 valence electrons. The van der Waals surface area contributed by atoms with E-state index in [1.165, 1.54) is 122 Å². The second-order valence-electron chi connectivity index (χ2n) is 11.1. The van der Waals surface area contributed by atoms with E-state index in [9.17, 15) is 4.79 Å². The maximum atomic E-state index is 11.8. The molecule has 1 rings (SSSR count). The van der Waals surface area contributed by atoms with Crippen LogP contribution in [0.4, 0.5) is 0 Å². The van der Waals surface area contributed by atoms with Crippen LogP contribution in [0, 0.1) is 17.8 Å². The van der Waals surface area contributed by atoms with Crippen LogP contribution in [0.3, 0.4) is 0 Å². The Morgan fingerprint density at radius 2 is 1.15 bits per heavy atom. The molecule has 1 aliphatic heterocycles. The van der Waals surface area contributed by atoms with E-state index >= 15 is 0 Å². The summed E-state index contributed by atoms with van der Waals surface area (Å²) in [6.45, 7) is 6.68. The van der Waals surface area contributed by atoms with Gasteiger partial charge in [-0.3, -0.25) is 4.79 Å². The van der Waals surface area contributed by atoms with Gasteiger partial charge < -0.3 is 11.1 Å². The number of primary amides is 1. The molecule has 3 nitrogen and oxygen atoms in total. The molecule has 0 aromatic carbocycles. The van der Waals surface area contributed by atoms with Gasteiger partial charge in [0.2, 0.25) is 5.91 Å². The molecule has 3 N–H and O–H groups in total. The number of rotatable bonds is 9. The van der Waals surface area contributed by atoms with Gasteiger partial charge in [-0.2, -0.15) is 0 Å². The van der Waals surface area contributed by atoms with Crippen LogP contribution in [0.25, 0.3) is 0 Å². The van der Waals surface area contributed by atoms with Crippen molar-refractivity contribution in [1.29, 1.82) is 0 Å². The van der Waals surface area contributed by atoms with Gasteiger partial charge in [0, 0.05) is 5.92 Å². The second-order valence-corrected chi connectivity index (χ2v) is 11.1. The standard InChI is InChI=1S/C30H60N2O/c1-3-5-12-17-27-19-14-10-8-7-9-11-15-21-29(30(31)33)24-26-32-25-16-20-28(23-22-27)18-13-6-4-2/h27-29,32H,3-26H2,1-2H3,(H2,31,33). The van der Waals surface area contributed by atoms with Crippen LogP contribution >= 0.6 is 0 Å². The van der Waals surface area contributed by atoms with E-state index in [2.05, 4.69) is 19.2 Å². The Hall–Kier alpha value is -0.570. The molecule has 0 aliphatic carbocycles. The fraction of sp³-hybridized carbons (Fsp3) is 0.967. The molecule has 0 aromatic heterocycles. The summed E-state index contributed by atoms with van der Waals surface area (Å²) in [7, 11) is 0. The molecule has 1 amide bonds.